The van der Waals surface area contributed by atoms with Gasteiger partial charge in [-0.25, -0.2) is 0 Å². The smallest absolute Gasteiger partial charge is 0.306 e. The lowest BCUT2D eigenvalue weighted by Gasteiger charge is -2.09. The molecule has 2 aromatic heterocycles. The largest absolute Gasteiger partial charge is 0.457 e. The molecule has 2 heterocycles. The van der Waals surface area contributed by atoms with E-state index >= 15 is 0 Å². The third kappa shape index (κ3) is 3.37. The van der Waals surface area contributed by atoms with Crippen molar-refractivity contribution in [2.24, 2.45) is 0 Å². The van der Waals surface area contributed by atoms with E-state index in [0.29, 0.717) is 11.8 Å². The van der Waals surface area contributed by atoms with Crippen molar-refractivity contribution >= 4 is 5.84 Å². The molecule has 0 aliphatic rings. The lowest BCUT2D eigenvalue weighted by molar-refractivity contribution is 0.483. The number of benzene rings is 3. The summed E-state index contributed by atoms with van der Waals surface area (Å²) >= 11 is 0. The monoisotopic (exact) mass is 394 g/mol. The summed E-state index contributed by atoms with van der Waals surface area (Å²) in [5, 5.41) is 0. The van der Waals surface area contributed by atoms with E-state index in [0.717, 1.165) is 34.0 Å². The summed E-state index contributed by atoms with van der Waals surface area (Å²) in [7, 11) is 0. The first-order chi connectivity index (χ1) is 14.7. The maximum Gasteiger partial charge on any atom is 0.306 e. The fraction of sp³-hybridized carbons (Fsp3) is 0.115. The predicted molar refractivity (Wildman–Crippen MR) is 119 cm³/mol. The molecule has 5 rings (SSSR count). The zero-order chi connectivity index (χ0) is 20.5. The lowest BCUT2D eigenvalue weighted by atomic mass is 9.99. The SMILES string of the molecule is CC(C)c1ccc(-c2c(-c3ccc(Oc4ccccc4)cc3)nc3occn23)cc1. The minimum Gasteiger partial charge on any atom is -0.457 e. The van der Waals surface area contributed by atoms with Gasteiger partial charge in [0.1, 0.15) is 23.5 Å². The number of imidazole rings is 1. The molecule has 0 fully saturated rings. The van der Waals surface area contributed by atoms with Crippen molar-refractivity contribution < 1.29 is 9.15 Å². The Morgan fingerprint density at radius 3 is 2.17 bits per heavy atom. The molecule has 5 aromatic rings. The maximum atomic E-state index is 5.92. The van der Waals surface area contributed by atoms with Crippen molar-refractivity contribution in [3.8, 4) is 34.0 Å². The van der Waals surface area contributed by atoms with Gasteiger partial charge in [0.05, 0.1) is 5.69 Å². The minimum atomic E-state index is 0.495. The first kappa shape index (κ1) is 18.3. The molecular formula is C26H22N2O2. The Hall–Kier alpha value is -3.79. The molecule has 0 saturated heterocycles. The van der Waals surface area contributed by atoms with E-state index in [2.05, 4.69) is 38.1 Å². The van der Waals surface area contributed by atoms with Crippen molar-refractivity contribution in [1.82, 2.24) is 9.38 Å². The van der Waals surface area contributed by atoms with Gasteiger partial charge >= 0.3 is 5.84 Å². The van der Waals surface area contributed by atoms with Crippen molar-refractivity contribution in [3.63, 3.8) is 0 Å². The van der Waals surface area contributed by atoms with Gasteiger partial charge in [-0.05, 0) is 47.9 Å². The molecule has 30 heavy (non-hydrogen) atoms. The summed E-state index contributed by atoms with van der Waals surface area (Å²) in [6.07, 6.45) is 3.57. The van der Waals surface area contributed by atoms with Gasteiger partial charge in [0.2, 0.25) is 0 Å². The molecule has 4 nitrogen and oxygen atoms in total. The van der Waals surface area contributed by atoms with Crippen LogP contribution in [0.3, 0.4) is 0 Å². The Morgan fingerprint density at radius 2 is 1.47 bits per heavy atom. The highest BCUT2D eigenvalue weighted by atomic mass is 16.5. The first-order valence-electron chi connectivity index (χ1n) is 10.1. The highest BCUT2D eigenvalue weighted by molar-refractivity contribution is 5.81. The maximum absolute atomic E-state index is 5.92. The number of rotatable bonds is 5. The second-order valence-electron chi connectivity index (χ2n) is 7.58. The van der Waals surface area contributed by atoms with Crippen LogP contribution in [0.25, 0.3) is 28.4 Å². The Bertz CT molecular complexity index is 1260. The Balaban J connectivity index is 1.53. The van der Waals surface area contributed by atoms with Crippen LogP contribution in [-0.2, 0) is 0 Å². The van der Waals surface area contributed by atoms with E-state index in [9.17, 15) is 0 Å². The molecule has 0 spiro atoms. The first-order valence-corrected chi connectivity index (χ1v) is 10.1. The topological polar surface area (TPSA) is 39.7 Å². The zero-order valence-electron chi connectivity index (χ0n) is 16.9. The van der Waals surface area contributed by atoms with Crippen LogP contribution in [0.1, 0.15) is 25.3 Å². The van der Waals surface area contributed by atoms with Crippen LogP contribution in [0.5, 0.6) is 11.5 Å². The quantitative estimate of drug-likeness (QED) is 0.317. The fourth-order valence-electron chi connectivity index (χ4n) is 3.59. The Labute approximate surface area is 175 Å². The molecule has 0 aliphatic heterocycles. The summed E-state index contributed by atoms with van der Waals surface area (Å²) in [6.45, 7) is 4.40. The molecule has 0 N–H and O–H groups in total. The van der Waals surface area contributed by atoms with Gasteiger partial charge in [-0.2, -0.15) is 4.98 Å². The molecule has 3 aromatic carbocycles. The van der Waals surface area contributed by atoms with Crippen molar-refractivity contribution in [2.75, 3.05) is 0 Å². The lowest BCUT2D eigenvalue weighted by Crippen LogP contribution is -1.91. The van der Waals surface area contributed by atoms with Crippen molar-refractivity contribution in [2.45, 2.75) is 19.8 Å². The number of nitrogens with zero attached hydrogens (tertiary/aromatic N) is 2. The standard InChI is InChI=1S/C26H22N2O2/c1-18(2)19-8-10-21(11-9-19)25-24(27-26-28(25)16-17-29-26)20-12-14-23(15-13-20)30-22-6-4-3-5-7-22/h3-18H,1-2H3. The van der Waals surface area contributed by atoms with Gasteiger partial charge in [0.25, 0.3) is 0 Å². The number of fused-ring (bicyclic) bond motifs is 1. The summed E-state index contributed by atoms with van der Waals surface area (Å²) in [6, 6.07) is 26.4. The fourth-order valence-corrected chi connectivity index (χ4v) is 3.59. The molecule has 0 atom stereocenters. The second-order valence-corrected chi connectivity index (χ2v) is 7.58. The van der Waals surface area contributed by atoms with Crippen molar-refractivity contribution in [1.29, 1.82) is 0 Å². The molecule has 0 amide bonds. The predicted octanol–water partition coefficient (Wildman–Crippen LogP) is 7.18. The highest BCUT2D eigenvalue weighted by Crippen LogP contribution is 2.35. The Morgan fingerprint density at radius 1 is 0.800 bits per heavy atom. The van der Waals surface area contributed by atoms with Gasteiger partial charge in [0.15, 0.2) is 0 Å². The van der Waals surface area contributed by atoms with E-state index in [-0.39, 0.29) is 0 Å². The number of para-hydroxylation sites is 1. The Kier molecular flexibility index (Phi) is 4.60. The molecule has 0 aliphatic carbocycles. The van der Waals surface area contributed by atoms with E-state index in [1.807, 2.05) is 65.2 Å². The van der Waals surface area contributed by atoms with Crippen LogP contribution in [0, 0.1) is 0 Å². The average Bonchev–Trinajstić information content (AvgIpc) is 3.36. The van der Waals surface area contributed by atoms with Crippen LogP contribution in [0.15, 0.2) is 95.7 Å². The molecule has 0 saturated carbocycles. The number of hydrogen-bond acceptors (Lipinski definition) is 3. The summed E-state index contributed by atoms with van der Waals surface area (Å²) in [4.78, 5) is 4.75. The highest BCUT2D eigenvalue weighted by Gasteiger charge is 2.18. The van der Waals surface area contributed by atoms with Gasteiger partial charge in [-0.15, -0.1) is 0 Å². The van der Waals surface area contributed by atoms with E-state index in [1.165, 1.54) is 5.56 Å². The van der Waals surface area contributed by atoms with Crippen LogP contribution < -0.4 is 4.74 Å². The van der Waals surface area contributed by atoms with Crippen LogP contribution >= 0.6 is 0 Å². The number of oxazole rings is 1. The molecule has 0 radical (unpaired) electrons. The van der Waals surface area contributed by atoms with Gasteiger partial charge in [-0.1, -0.05) is 56.3 Å². The van der Waals surface area contributed by atoms with Crippen LogP contribution in [0.2, 0.25) is 0 Å². The normalized spacial score (nSPS) is 11.3. The number of aromatic nitrogens is 2. The molecule has 0 unspecified atom stereocenters. The third-order valence-corrected chi connectivity index (χ3v) is 5.22. The van der Waals surface area contributed by atoms with Gasteiger partial charge < -0.3 is 9.15 Å². The minimum absolute atomic E-state index is 0.495. The molecule has 4 heteroatoms. The van der Waals surface area contributed by atoms with Crippen molar-refractivity contribution in [3.05, 3.63) is 96.9 Å². The van der Waals surface area contributed by atoms with Crippen LogP contribution in [0.4, 0.5) is 0 Å². The molecular weight excluding hydrogens is 372 g/mol. The van der Waals surface area contributed by atoms with Gasteiger partial charge in [0, 0.05) is 17.3 Å². The number of ether oxygens (including phenoxy) is 1. The van der Waals surface area contributed by atoms with Crippen LogP contribution in [-0.4, -0.2) is 9.38 Å². The molecule has 148 valence electrons. The van der Waals surface area contributed by atoms with E-state index < -0.39 is 0 Å². The molecule has 0 bridgehead atoms. The summed E-state index contributed by atoms with van der Waals surface area (Å²) < 4.78 is 13.5. The summed E-state index contributed by atoms with van der Waals surface area (Å²) in [5.74, 6) is 2.68. The van der Waals surface area contributed by atoms with E-state index in [1.54, 1.807) is 6.26 Å². The average molecular weight is 394 g/mol. The third-order valence-electron chi connectivity index (χ3n) is 5.22. The van der Waals surface area contributed by atoms with Gasteiger partial charge in [-0.3, -0.25) is 4.40 Å². The van der Waals surface area contributed by atoms with E-state index in [4.69, 9.17) is 14.1 Å². The summed E-state index contributed by atoms with van der Waals surface area (Å²) in [5.41, 5.74) is 5.34. The zero-order valence-corrected chi connectivity index (χ0v) is 16.9. The number of hydrogen-bond donors (Lipinski definition) is 0. The second kappa shape index (κ2) is 7.56.